The van der Waals surface area contributed by atoms with E-state index in [4.69, 9.17) is 4.74 Å². The number of hydrogen-bond acceptors (Lipinski definition) is 4. The van der Waals surface area contributed by atoms with Crippen molar-refractivity contribution >= 4 is 17.5 Å². The van der Waals surface area contributed by atoms with E-state index in [1.54, 1.807) is 25.1 Å². The zero-order valence-corrected chi connectivity index (χ0v) is 21.0. The van der Waals surface area contributed by atoms with E-state index in [1.807, 2.05) is 91.3 Å². The van der Waals surface area contributed by atoms with E-state index in [0.717, 1.165) is 34.0 Å². The van der Waals surface area contributed by atoms with Crippen LogP contribution in [0.1, 0.15) is 43.2 Å². The van der Waals surface area contributed by atoms with Crippen molar-refractivity contribution in [3.63, 3.8) is 0 Å². The van der Waals surface area contributed by atoms with Gasteiger partial charge < -0.3 is 15.0 Å². The Morgan fingerprint density at radius 3 is 2.33 bits per heavy atom. The Labute approximate surface area is 211 Å². The van der Waals surface area contributed by atoms with Crippen molar-refractivity contribution in [2.45, 2.75) is 27.0 Å². The lowest BCUT2D eigenvalue weighted by atomic mass is 10.1. The molecule has 0 spiro atoms. The van der Waals surface area contributed by atoms with Crippen LogP contribution < -0.4 is 15.0 Å². The van der Waals surface area contributed by atoms with Crippen LogP contribution in [-0.4, -0.2) is 35.7 Å². The number of nitrogens with zero attached hydrogens (tertiary/aromatic N) is 3. The topological polar surface area (TPSA) is 76.5 Å². The van der Waals surface area contributed by atoms with Gasteiger partial charge in [0, 0.05) is 25.2 Å². The van der Waals surface area contributed by atoms with E-state index < -0.39 is 0 Å². The summed E-state index contributed by atoms with van der Waals surface area (Å²) in [6, 6.07) is 24.5. The Bertz CT molecular complexity index is 1360. The lowest BCUT2D eigenvalue weighted by molar-refractivity contribution is 0.0961. The van der Waals surface area contributed by atoms with Crippen molar-refractivity contribution in [3.8, 4) is 5.75 Å². The van der Waals surface area contributed by atoms with E-state index >= 15 is 0 Å². The second-order valence-corrected chi connectivity index (χ2v) is 8.62. The van der Waals surface area contributed by atoms with E-state index in [0.29, 0.717) is 24.3 Å². The maximum Gasteiger partial charge on any atom is 0.258 e. The largest absolute Gasteiger partial charge is 0.489 e. The second kappa shape index (κ2) is 10.9. The molecule has 1 N–H and O–H groups in total. The molecule has 0 radical (unpaired) electrons. The Kier molecular flexibility index (Phi) is 7.49. The van der Waals surface area contributed by atoms with Crippen LogP contribution in [0.3, 0.4) is 0 Å². The maximum atomic E-state index is 13.3. The monoisotopic (exact) mass is 482 g/mol. The van der Waals surface area contributed by atoms with Crippen molar-refractivity contribution in [3.05, 3.63) is 113 Å². The highest BCUT2D eigenvalue weighted by Gasteiger charge is 2.21. The maximum absolute atomic E-state index is 13.3. The number of aromatic nitrogens is 2. The molecule has 3 aromatic carbocycles. The summed E-state index contributed by atoms with van der Waals surface area (Å²) in [6.07, 6.45) is 0. The number of para-hydroxylation sites is 1. The van der Waals surface area contributed by atoms with Crippen molar-refractivity contribution < 1.29 is 14.3 Å². The van der Waals surface area contributed by atoms with Crippen LogP contribution >= 0.6 is 0 Å². The minimum absolute atomic E-state index is 0.113. The number of hydrogen-bond donors (Lipinski definition) is 1. The quantitative estimate of drug-likeness (QED) is 0.393. The third-order valence-corrected chi connectivity index (χ3v) is 6.08. The first-order valence-electron chi connectivity index (χ1n) is 11.8. The number of ether oxygens (including phenoxy) is 1. The standard InChI is InChI=1S/C29H30N4O3/c1-20-27(21(2)33(31-20)18-23-9-8-10-25(17-23)28(34)30-3)32(4)29(35)24-15-13-22(14-16-24)19-36-26-11-6-5-7-12-26/h5-17H,18-19H2,1-4H3,(H,30,34). The summed E-state index contributed by atoms with van der Waals surface area (Å²) in [6.45, 7) is 4.77. The van der Waals surface area contributed by atoms with Gasteiger partial charge in [-0.05, 0) is 61.4 Å². The van der Waals surface area contributed by atoms with Gasteiger partial charge in [-0.15, -0.1) is 0 Å². The minimum Gasteiger partial charge on any atom is -0.489 e. The van der Waals surface area contributed by atoms with Crippen molar-refractivity contribution in [1.82, 2.24) is 15.1 Å². The fraction of sp³-hybridized carbons (Fsp3) is 0.207. The lowest BCUT2D eigenvalue weighted by Crippen LogP contribution is -2.27. The summed E-state index contributed by atoms with van der Waals surface area (Å²) in [5.41, 5.74) is 5.54. The number of benzene rings is 3. The lowest BCUT2D eigenvalue weighted by Gasteiger charge is -2.18. The summed E-state index contributed by atoms with van der Waals surface area (Å²) in [7, 11) is 3.38. The smallest absolute Gasteiger partial charge is 0.258 e. The van der Waals surface area contributed by atoms with Crippen LogP contribution in [0.25, 0.3) is 0 Å². The zero-order chi connectivity index (χ0) is 25.7. The molecule has 0 aliphatic carbocycles. The summed E-state index contributed by atoms with van der Waals surface area (Å²) >= 11 is 0. The first-order valence-corrected chi connectivity index (χ1v) is 11.8. The molecule has 0 unspecified atom stereocenters. The third kappa shape index (κ3) is 5.46. The molecule has 0 fully saturated rings. The van der Waals surface area contributed by atoms with Gasteiger partial charge in [-0.25, -0.2) is 0 Å². The zero-order valence-electron chi connectivity index (χ0n) is 21.0. The van der Waals surface area contributed by atoms with E-state index in [9.17, 15) is 9.59 Å². The molecule has 0 aliphatic rings. The number of carbonyl (C=O) groups excluding carboxylic acids is 2. The van der Waals surface area contributed by atoms with Crippen LogP contribution in [0, 0.1) is 13.8 Å². The van der Waals surface area contributed by atoms with E-state index in [1.165, 1.54) is 0 Å². The Hall–Kier alpha value is -4.39. The summed E-state index contributed by atoms with van der Waals surface area (Å²) < 4.78 is 7.65. The Morgan fingerprint density at radius 1 is 0.917 bits per heavy atom. The molecule has 7 heteroatoms. The van der Waals surface area contributed by atoms with Crippen LogP contribution in [0.5, 0.6) is 5.75 Å². The van der Waals surface area contributed by atoms with Gasteiger partial charge >= 0.3 is 0 Å². The van der Waals surface area contributed by atoms with Crippen LogP contribution in [0.15, 0.2) is 78.9 Å². The fourth-order valence-corrected chi connectivity index (χ4v) is 4.18. The molecule has 0 aliphatic heterocycles. The highest BCUT2D eigenvalue weighted by atomic mass is 16.5. The predicted octanol–water partition coefficient (Wildman–Crippen LogP) is 4.76. The van der Waals surface area contributed by atoms with Gasteiger partial charge in [0.15, 0.2) is 0 Å². The number of anilines is 1. The second-order valence-electron chi connectivity index (χ2n) is 8.62. The van der Waals surface area contributed by atoms with Gasteiger partial charge in [0.25, 0.3) is 11.8 Å². The Morgan fingerprint density at radius 2 is 1.64 bits per heavy atom. The van der Waals surface area contributed by atoms with Gasteiger partial charge in [-0.2, -0.15) is 5.10 Å². The SMILES string of the molecule is CNC(=O)c1cccc(Cn2nc(C)c(N(C)C(=O)c3ccc(COc4ccccc4)cc3)c2C)c1. The van der Waals surface area contributed by atoms with Gasteiger partial charge in [0.1, 0.15) is 12.4 Å². The molecule has 0 atom stereocenters. The minimum atomic E-state index is -0.131. The van der Waals surface area contributed by atoms with Gasteiger partial charge in [0.2, 0.25) is 0 Å². The molecular formula is C29H30N4O3. The number of carbonyl (C=O) groups is 2. The van der Waals surface area contributed by atoms with Crippen LogP contribution in [0.4, 0.5) is 5.69 Å². The van der Waals surface area contributed by atoms with Gasteiger partial charge in [-0.1, -0.05) is 42.5 Å². The molecule has 0 saturated carbocycles. The van der Waals surface area contributed by atoms with Gasteiger partial charge in [-0.3, -0.25) is 14.3 Å². The molecule has 4 rings (SSSR count). The number of rotatable bonds is 8. The van der Waals surface area contributed by atoms with Crippen molar-refractivity contribution in [1.29, 1.82) is 0 Å². The molecule has 7 nitrogen and oxygen atoms in total. The molecule has 0 saturated heterocycles. The number of nitrogens with one attached hydrogen (secondary N) is 1. The van der Waals surface area contributed by atoms with E-state index in [2.05, 4.69) is 10.4 Å². The average Bonchev–Trinajstić information content (AvgIpc) is 3.19. The van der Waals surface area contributed by atoms with E-state index in [-0.39, 0.29) is 11.8 Å². The molecule has 4 aromatic rings. The highest BCUT2D eigenvalue weighted by molar-refractivity contribution is 6.06. The van der Waals surface area contributed by atoms with Crippen LogP contribution in [-0.2, 0) is 13.2 Å². The molecule has 1 aromatic heterocycles. The molecule has 184 valence electrons. The summed E-state index contributed by atoms with van der Waals surface area (Å²) in [5, 5.41) is 7.32. The highest BCUT2D eigenvalue weighted by Crippen LogP contribution is 2.26. The fourth-order valence-electron chi connectivity index (χ4n) is 4.18. The Balaban J connectivity index is 1.47. The van der Waals surface area contributed by atoms with Crippen LogP contribution in [0.2, 0.25) is 0 Å². The molecule has 36 heavy (non-hydrogen) atoms. The molecule has 2 amide bonds. The number of aryl methyl sites for hydroxylation is 1. The van der Waals surface area contributed by atoms with Gasteiger partial charge in [0.05, 0.1) is 23.6 Å². The molecule has 1 heterocycles. The average molecular weight is 483 g/mol. The summed E-state index contributed by atoms with van der Waals surface area (Å²) in [4.78, 5) is 26.9. The van der Waals surface area contributed by atoms with Crippen molar-refractivity contribution in [2.24, 2.45) is 0 Å². The predicted molar refractivity (Wildman–Crippen MR) is 141 cm³/mol. The summed E-state index contributed by atoms with van der Waals surface area (Å²) in [5.74, 6) is 0.562. The first kappa shape index (κ1) is 24.7. The third-order valence-electron chi connectivity index (χ3n) is 6.08. The normalized spacial score (nSPS) is 10.7. The molecular weight excluding hydrogens is 452 g/mol. The number of amides is 2. The molecule has 0 bridgehead atoms. The van der Waals surface area contributed by atoms with Crippen molar-refractivity contribution in [2.75, 3.05) is 19.0 Å². The first-order chi connectivity index (χ1) is 17.4.